The van der Waals surface area contributed by atoms with Crippen LogP contribution in [0.15, 0.2) is 53.1 Å². The summed E-state index contributed by atoms with van der Waals surface area (Å²) in [7, 11) is 0. The zero-order valence-corrected chi connectivity index (χ0v) is 17.5. The maximum Gasteiger partial charge on any atom is 0.229 e. The van der Waals surface area contributed by atoms with E-state index in [9.17, 15) is 10.1 Å². The number of halogens is 2. The summed E-state index contributed by atoms with van der Waals surface area (Å²) < 4.78 is 0. The summed E-state index contributed by atoms with van der Waals surface area (Å²) in [6.45, 7) is 2.38. The fourth-order valence-electron chi connectivity index (χ4n) is 3.48. The molecule has 4 nitrogen and oxygen atoms in total. The molecule has 0 aromatic heterocycles. The molecule has 0 spiro atoms. The van der Waals surface area contributed by atoms with Crippen LogP contribution in [0.5, 0.6) is 0 Å². The highest BCUT2D eigenvalue weighted by atomic mass is 35.5. The van der Waals surface area contributed by atoms with E-state index >= 15 is 0 Å². The second-order valence-corrected chi connectivity index (χ2v) is 8.63. The zero-order valence-electron chi connectivity index (χ0n) is 15.2. The number of rotatable bonds is 2. The van der Waals surface area contributed by atoms with Crippen LogP contribution in [-0.2, 0) is 4.79 Å². The summed E-state index contributed by atoms with van der Waals surface area (Å²) in [5, 5.41) is 11.9. The van der Waals surface area contributed by atoms with E-state index in [-0.39, 0.29) is 18.2 Å². The van der Waals surface area contributed by atoms with Crippen LogP contribution >= 0.6 is 35.0 Å². The third-order valence-corrected chi connectivity index (χ3v) is 6.90. The molecule has 0 aliphatic carbocycles. The van der Waals surface area contributed by atoms with E-state index in [1.54, 1.807) is 17.0 Å². The number of fused-ring (bicyclic) bond motifs is 1. The normalized spacial score (nSPS) is 19.5. The van der Waals surface area contributed by atoms with Crippen molar-refractivity contribution in [1.82, 2.24) is 4.90 Å². The monoisotopic (exact) mass is 429 g/mol. The van der Waals surface area contributed by atoms with Crippen molar-refractivity contribution in [3.8, 4) is 6.07 Å². The molecule has 0 radical (unpaired) electrons. The van der Waals surface area contributed by atoms with Crippen LogP contribution in [0, 0.1) is 18.3 Å². The predicted octanol–water partition coefficient (Wildman–Crippen LogP) is 5.52. The molecule has 0 N–H and O–H groups in total. The lowest BCUT2D eigenvalue weighted by atomic mass is 9.86. The number of hydrogen-bond acceptors (Lipinski definition) is 4. The first kappa shape index (κ1) is 19.2. The third-order valence-electron chi connectivity index (χ3n) is 5.09. The largest absolute Gasteiger partial charge is 0.344 e. The number of carbonyl (C=O) groups excluding carboxylic acids is 1. The predicted molar refractivity (Wildman–Crippen MR) is 114 cm³/mol. The highest BCUT2D eigenvalue weighted by Crippen LogP contribution is 2.43. The van der Waals surface area contributed by atoms with Crippen molar-refractivity contribution in [2.24, 2.45) is 0 Å². The number of nitrogens with zero attached hydrogens (tertiary/aromatic N) is 3. The van der Waals surface area contributed by atoms with Gasteiger partial charge >= 0.3 is 0 Å². The van der Waals surface area contributed by atoms with Gasteiger partial charge in [-0.15, -0.1) is 0 Å². The van der Waals surface area contributed by atoms with Gasteiger partial charge in [0.15, 0.2) is 0 Å². The van der Waals surface area contributed by atoms with Gasteiger partial charge in [0.2, 0.25) is 5.91 Å². The van der Waals surface area contributed by atoms with Gasteiger partial charge in [-0.25, -0.2) is 0 Å². The lowest BCUT2D eigenvalue weighted by Gasteiger charge is -2.42. The Kier molecular flexibility index (Phi) is 5.29. The van der Waals surface area contributed by atoms with Crippen molar-refractivity contribution in [3.05, 3.63) is 74.2 Å². The molecule has 1 fully saturated rings. The minimum atomic E-state index is -0.228. The molecule has 1 atom stereocenters. The Labute approximate surface area is 178 Å². The van der Waals surface area contributed by atoms with Crippen molar-refractivity contribution >= 4 is 46.6 Å². The van der Waals surface area contributed by atoms with Crippen molar-refractivity contribution < 1.29 is 4.79 Å². The molecule has 2 heterocycles. The first-order valence-corrected chi connectivity index (χ1v) is 10.6. The van der Waals surface area contributed by atoms with Gasteiger partial charge in [0.1, 0.15) is 0 Å². The van der Waals surface area contributed by atoms with Gasteiger partial charge in [-0.05, 0) is 42.3 Å². The fourth-order valence-corrected chi connectivity index (χ4v) is 4.95. The number of benzene rings is 2. The van der Waals surface area contributed by atoms with Crippen LogP contribution in [0.1, 0.15) is 23.5 Å². The average molecular weight is 430 g/mol. The molecule has 2 aliphatic heterocycles. The lowest BCUT2D eigenvalue weighted by Crippen LogP contribution is -2.47. The van der Waals surface area contributed by atoms with Gasteiger partial charge in [0.25, 0.3) is 0 Å². The topological polar surface area (TPSA) is 47.3 Å². The van der Waals surface area contributed by atoms with E-state index in [1.807, 2.05) is 37.3 Å². The Balaban J connectivity index is 1.65. The maximum atomic E-state index is 12.9. The highest BCUT2D eigenvalue weighted by molar-refractivity contribution is 8.03. The Morgan fingerprint density at radius 1 is 1.18 bits per heavy atom. The van der Waals surface area contributed by atoms with Crippen molar-refractivity contribution in [1.29, 1.82) is 5.26 Å². The molecular formula is C21H17Cl2N3OS. The number of thioether (sulfide) groups is 1. The smallest absolute Gasteiger partial charge is 0.229 e. The Hall–Kier alpha value is -2.13. The highest BCUT2D eigenvalue weighted by Gasteiger charge is 2.38. The second-order valence-electron chi connectivity index (χ2n) is 6.85. The number of aryl methyl sites for hydroxylation is 1. The van der Waals surface area contributed by atoms with Crippen molar-refractivity contribution in [3.63, 3.8) is 0 Å². The van der Waals surface area contributed by atoms with Crippen LogP contribution in [0.25, 0.3) is 0 Å². The van der Waals surface area contributed by atoms with Gasteiger partial charge in [-0.1, -0.05) is 53.2 Å². The van der Waals surface area contributed by atoms with E-state index in [2.05, 4.69) is 11.0 Å². The van der Waals surface area contributed by atoms with E-state index in [0.717, 1.165) is 21.8 Å². The zero-order chi connectivity index (χ0) is 19.8. The van der Waals surface area contributed by atoms with Crippen LogP contribution in [0.4, 0.5) is 5.69 Å². The lowest BCUT2D eigenvalue weighted by molar-refractivity contribution is -0.129. The van der Waals surface area contributed by atoms with Crippen molar-refractivity contribution in [2.45, 2.75) is 19.3 Å². The molecule has 0 saturated carbocycles. The molecule has 0 bridgehead atoms. The molecule has 28 heavy (non-hydrogen) atoms. The molecule has 0 unspecified atom stereocenters. The summed E-state index contributed by atoms with van der Waals surface area (Å²) in [6.07, 6.45) is 0.275. The first-order chi connectivity index (χ1) is 13.5. The number of amides is 1. The van der Waals surface area contributed by atoms with Gasteiger partial charge in [-0.3, -0.25) is 9.69 Å². The number of nitriles is 1. The van der Waals surface area contributed by atoms with Crippen LogP contribution in [0.2, 0.25) is 10.0 Å². The molecule has 4 rings (SSSR count). The Morgan fingerprint density at radius 2 is 1.93 bits per heavy atom. The number of hydrogen-bond donors (Lipinski definition) is 0. The Morgan fingerprint density at radius 3 is 2.61 bits per heavy atom. The number of anilines is 1. The first-order valence-electron chi connectivity index (χ1n) is 8.82. The minimum absolute atomic E-state index is 0.0179. The van der Waals surface area contributed by atoms with E-state index in [0.29, 0.717) is 28.2 Å². The summed E-state index contributed by atoms with van der Waals surface area (Å²) in [5.41, 5.74) is 3.57. The molecule has 2 aliphatic rings. The summed E-state index contributed by atoms with van der Waals surface area (Å²) >= 11 is 13.8. The quantitative estimate of drug-likeness (QED) is 0.630. The molecule has 142 valence electrons. The van der Waals surface area contributed by atoms with Gasteiger partial charge in [0, 0.05) is 28.1 Å². The molecule has 1 amide bonds. The van der Waals surface area contributed by atoms with Crippen LogP contribution in [-0.4, -0.2) is 23.4 Å². The SMILES string of the molecule is Cc1ccc(N2CSC3=C(C#N)[C@@H](c4ccc(Cl)cc4)CC(=O)N3C2)cc1Cl. The molecule has 7 heteroatoms. The van der Waals surface area contributed by atoms with Crippen molar-refractivity contribution in [2.75, 3.05) is 17.4 Å². The second kappa shape index (κ2) is 7.71. The van der Waals surface area contributed by atoms with Crippen LogP contribution in [0.3, 0.4) is 0 Å². The molecule has 2 aromatic rings. The summed E-state index contributed by atoms with van der Waals surface area (Å²) in [6, 6.07) is 15.6. The fraction of sp³-hybridized carbons (Fsp3) is 0.238. The summed E-state index contributed by atoms with van der Waals surface area (Å²) in [4.78, 5) is 16.7. The van der Waals surface area contributed by atoms with Gasteiger partial charge < -0.3 is 4.90 Å². The third kappa shape index (κ3) is 3.48. The van der Waals surface area contributed by atoms with Crippen LogP contribution < -0.4 is 4.90 Å². The standard InChI is InChI=1S/C21H17Cl2N3OS/c1-13-2-7-16(8-19(13)23)25-11-26-20(27)9-17(14-3-5-15(22)6-4-14)18(10-24)21(26)28-12-25/h2-8,17H,9,11-12H2,1H3/t17-/m1/s1. The van der Waals surface area contributed by atoms with E-state index < -0.39 is 0 Å². The van der Waals surface area contributed by atoms with E-state index in [1.165, 1.54) is 11.8 Å². The average Bonchev–Trinajstić information content (AvgIpc) is 2.70. The molecule has 1 saturated heterocycles. The summed E-state index contributed by atoms with van der Waals surface area (Å²) in [5.74, 6) is 0.440. The number of allylic oxidation sites excluding steroid dienone is 1. The van der Waals surface area contributed by atoms with E-state index in [4.69, 9.17) is 23.2 Å². The minimum Gasteiger partial charge on any atom is -0.344 e. The number of carbonyl (C=O) groups is 1. The maximum absolute atomic E-state index is 12.9. The van der Waals surface area contributed by atoms with Gasteiger partial charge in [0.05, 0.1) is 29.2 Å². The van der Waals surface area contributed by atoms with Gasteiger partial charge in [-0.2, -0.15) is 5.26 Å². The Bertz CT molecular complexity index is 1010. The molecule has 2 aromatic carbocycles. The molecular weight excluding hydrogens is 413 g/mol.